The van der Waals surface area contributed by atoms with Gasteiger partial charge < -0.3 is 4.74 Å². The summed E-state index contributed by atoms with van der Waals surface area (Å²) < 4.78 is 55.4. The monoisotopic (exact) mass is 361 g/mol. The minimum absolute atomic E-state index is 0.113. The van der Waals surface area contributed by atoms with Crippen LogP contribution in [0.4, 0.5) is 8.78 Å². The van der Waals surface area contributed by atoms with Crippen molar-refractivity contribution in [3.63, 3.8) is 0 Å². The second-order valence-electron chi connectivity index (χ2n) is 4.72. The summed E-state index contributed by atoms with van der Waals surface area (Å²) in [6.07, 6.45) is 0. The van der Waals surface area contributed by atoms with Crippen LogP contribution in [-0.4, -0.2) is 15.0 Å². The Balaban J connectivity index is 2.16. The van der Waals surface area contributed by atoms with E-state index in [1.54, 1.807) is 0 Å². The number of aryl methyl sites for hydroxylation is 1. The van der Waals surface area contributed by atoms with Crippen molar-refractivity contribution in [1.82, 2.24) is 4.72 Å². The average molecular weight is 362 g/mol. The predicted octanol–water partition coefficient (Wildman–Crippen LogP) is 3.73. The van der Waals surface area contributed by atoms with Crippen LogP contribution in [-0.2, 0) is 16.6 Å². The fraction of sp³-hybridized carbons (Fsp3) is 0.200. The minimum Gasteiger partial charge on any atom is -0.433 e. The van der Waals surface area contributed by atoms with Crippen LogP contribution in [0.2, 0.25) is 5.02 Å². The summed E-state index contributed by atoms with van der Waals surface area (Å²) >= 11 is 5.77. The summed E-state index contributed by atoms with van der Waals surface area (Å²) in [6, 6.07) is 10.7. The summed E-state index contributed by atoms with van der Waals surface area (Å²) in [4.78, 5) is -0.127. The van der Waals surface area contributed by atoms with Gasteiger partial charge in [0.2, 0.25) is 10.0 Å². The minimum atomic E-state index is -3.82. The zero-order chi connectivity index (χ0) is 17.0. The van der Waals surface area contributed by atoms with E-state index in [4.69, 9.17) is 11.6 Å². The van der Waals surface area contributed by atoms with Gasteiger partial charge in [0.1, 0.15) is 5.75 Å². The van der Waals surface area contributed by atoms with Gasteiger partial charge in [0, 0.05) is 6.54 Å². The number of benzene rings is 2. The Morgan fingerprint density at radius 1 is 1.22 bits per heavy atom. The molecule has 8 heteroatoms. The Kier molecular flexibility index (Phi) is 5.56. The third kappa shape index (κ3) is 4.63. The van der Waals surface area contributed by atoms with Crippen molar-refractivity contribution >= 4 is 21.6 Å². The molecular formula is C15H14ClF2NO3S. The molecular weight excluding hydrogens is 348 g/mol. The molecule has 0 bridgehead atoms. The molecule has 2 rings (SSSR count). The first-order valence-electron chi connectivity index (χ1n) is 6.58. The van der Waals surface area contributed by atoms with E-state index in [-0.39, 0.29) is 22.2 Å². The predicted molar refractivity (Wildman–Crippen MR) is 83.3 cm³/mol. The molecule has 0 aliphatic heterocycles. The van der Waals surface area contributed by atoms with E-state index in [2.05, 4.69) is 9.46 Å². The van der Waals surface area contributed by atoms with Crippen molar-refractivity contribution in [2.24, 2.45) is 0 Å². The van der Waals surface area contributed by atoms with Gasteiger partial charge in [-0.05, 0) is 36.2 Å². The molecule has 0 aliphatic rings. The number of halogens is 3. The van der Waals surface area contributed by atoms with Crippen molar-refractivity contribution in [3.8, 4) is 5.75 Å². The fourth-order valence-electron chi connectivity index (χ4n) is 1.90. The molecule has 0 heterocycles. The Morgan fingerprint density at radius 3 is 2.52 bits per heavy atom. The highest BCUT2D eigenvalue weighted by Crippen LogP contribution is 2.28. The molecule has 0 spiro atoms. The highest BCUT2D eigenvalue weighted by molar-refractivity contribution is 7.89. The first-order chi connectivity index (χ1) is 10.8. The molecule has 0 atom stereocenters. The highest BCUT2D eigenvalue weighted by Gasteiger charge is 2.17. The van der Waals surface area contributed by atoms with Crippen molar-refractivity contribution in [2.45, 2.75) is 25.0 Å². The molecule has 0 saturated heterocycles. The van der Waals surface area contributed by atoms with Crippen LogP contribution in [0.3, 0.4) is 0 Å². The van der Waals surface area contributed by atoms with Gasteiger partial charge in [0.05, 0.1) is 9.92 Å². The molecule has 0 fully saturated rings. The van der Waals surface area contributed by atoms with E-state index >= 15 is 0 Å². The van der Waals surface area contributed by atoms with Gasteiger partial charge in [0.15, 0.2) is 0 Å². The number of nitrogens with one attached hydrogen (secondary N) is 1. The molecule has 0 radical (unpaired) electrons. The normalized spacial score (nSPS) is 11.7. The van der Waals surface area contributed by atoms with Crippen molar-refractivity contribution in [1.29, 1.82) is 0 Å². The quantitative estimate of drug-likeness (QED) is 0.853. The standard InChI is InChI=1S/C15H14ClF2NO3S/c1-10-4-2-3-5-11(10)9-19-23(20,21)12-6-7-14(13(16)8-12)22-15(17)18/h2-8,15,19H,9H2,1H3. The topological polar surface area (TPSA) is 55.4 Å². The summed E-state index contributed by atoms with van der Waals surface area (Å²) in [5.74, 6) is -0.278. The Morgan fingerprint density at radius 2 is 1.91 bits per heavy atom. The number of alkyl halides is 2. The lowest BCUT2D eigenvalue weighted by Gasteiger charge is -2.11. The summed E-state index contributed by atoms with van der Waals surface area (Å²) in [6.45, 7) is -1.05. The number of hydrogen-bond donors (Lipinski definition) is 1. The first-order valence-corrected chi connectivity index (χ1v) is 8.44. The fourth-order valence-corrected chi connectivity index (χ4v) is 3.23. The van der Waals surface area contributed by atoms with Gasteiger partial charge in [-0.15, -0.1) is 0 Å². The summed E-state index contributed by atoms with van der Waals surface area (Å²) in [7, 11) is -3.82. The van der Waals surface area contributed by atoms with Gasteiger partial charge in [-0.25, -0.2) is 13.1 Å². The zero-order valence-electron chi connectivity index (χ0n) is 12.1. The lowest BCUT2D eigenvalue weighted by molar-refractivity contribution is -0.0498. The second-order valence-corrected chi connectivity index (χ2v) is 6.90. The van der Waals surface area contributed by atoms with Crippen LogP contribution in [0.5, 0.6) is 5.75 Å². The van der Waals surface area contributed by atoms with E-state index in [0.29, 0.717) is 0 Å². The molecule has 0 amide bonds. The van der Waals surface area contributed by atoms with Gasteiger partial charge >= 0.3 is 6.61 Å². The second kappa shape index (κ2) is 7.25. The molecule has 2 aromatic carbocycles. The maximum absolute atomic E-state index is 12.2. The van der Waals surface area contributed by atoms with Crippen LogP contribution in [0.15, 0.2) is 47.4 Å². The maximum Gasteiger partial charge on any atom is 0.387 e. The number of rotatable bonds is 6. The van der Waals surface area contributed by atoms with E-state index < -0.39 is 16.6 Å². The molecule has 23 heavy (non-hydrogen) atoms. The number of hydrogen-bond acceptors (Lipinski definition) is 3. The van der Waals surface area contributed by atoms with E-state index in [9.17, 15) is 17.2 Å². The van der Waals surface area contributed by atoms with Crippen LogP contribution in [0.1, 0.15) is 11.1 Å². The van der Waals surface area contributed by atoms with Crippen molar-refractivity contribution < 1.29 is 21.9 Å². The van der Waals surface area contributed by atoms with Gasteiger partial charge in [-0.1, -0.05) is 35.9 Å². The van der Waals surface area contributed by atoms with Crippen LogP contribution in [0, 0.1) is 6.92 Å². The Bertz CT molecular complexity index is 797. The molecule has 0 aliphatic carbocycles. The molecule has 4 nitrogen and oxygen atoms in total. The molecule has 124 valence electrons. The zero-order valence-corrected chi connectivity index (χ0v) is 13.7. The third-order valence-corrected chi connectivity index (χ3v) is 4.84. The third-order valence-electron chi connectivity index (χ3n) is 3.14. The van der Waals surface area contributed by atoms with Crippen molar-refractivity contribution in [2.75, 3.05) is 0 Å². The molecule has 0 aromatic heterocycles. The molecule has 2 aromatic rings. The van der Waals surface area contributed by atoms with Crippen LogP contribution < -0.4 is 9.46 Å². The van der Waals surface area contributed by atoms with E-state index in [1.807, 2.05) is 31.2 Å². The SMILES string of the molecule is Cc1ccccc1CNS(=O)(=O)c1ccc(OC(F)F)c(Cl)c1. The van der Waals surface area contributed by atoms with Crippen LogP contribution >= 0.6 is 11.6 Å². The van der Waals surface area contributed by atoms with Crippen molar-refractivity contribution in [3.05, 3.63) is 58.6 Å². The van der Waals surface area contributed by atoms with E-state index in [1.165, 1.54) is 0 Å². The van der Waals surface area contributed by atoms with E-state index in [0.717, 1.165) is 29.3 Å². The highest BCUT2D eigenvalue weighted by atomic mass is 35.5. The molecule has 0 unspecified atom stereocenters. The molecule has 1 N–H and O–H groups in total. The Hall–Kier alpha value is -1.70. The first kappa shape index (κ1) is 17.7. The summed E-state index contributed by atoms with van der Waals surface area (Å²) in [5.41, 5.74) is 1.79. The summed E-state index contributed by atoms with van der Waals surface area (Å²) in [5, 5.41) is -0.205. The lowest BCUT2D eigenvalue weighted by atomic mass is 10.1. The maximum atomic E-state index is 12.2. The van der Waals surface area contributed by atoms with Gasteiger partial charge in [0.25, 0.3) is 0 Å². The van der Waals surface area contributed by atoms with Gasteiger partial charge in [-0.2, -0.15) is 8.78 Å². The smallest absolute Gasteiger partial charge is 0.387 e. The number of sulfonamides is 1. The molecule has 0 saturated carbocycles. The lowest BCUT2D eigenvalue weighted by Crippen LogP contribution is -2.23. The number of ether oxygens (including phenoxy) is 1. The van der Waals surface area contributed by atoms with Gasteiger partial charge in [-0.3, -0.25) is 0 Å². The Labute approximate surface area is 138 Å². The van der Waals surface area contributed by atoms with Crippen LogP contribution in [0.25, 0.3) is 0 Å². The average Bonchev–Trinajstić information content (AvgIpc) is 2.48. The largest absolute Gasteiger partial charge is 0.433 e.